The van der Waals surface area contributed by atoms with Crippen LogP contribution in [0.2, 0.25) is 0 Å². The van der Waals surface area contributed by atoms with Gasteiger partial charge in [-0.15, -0.1) is 0 Å². The van der Waals surface area contributed by atoms with E-state index in [0.717, 1.165) is 106 Å². The number of aromatic hydroxyl groups is 1. The maximum atomic E-state index is 13.5. The number of hydrogen-bond acceptors (Lipinski definition) is 33. The number of phenolic OH excluding ortho intramolecular Hbond substituents is 1. The summed E-state index contributed by atoms with van der Waals surface area (Å²) in [5.74, 6) is 3.17. The molecular formula is C106H148Cs4N12O24. The first-order valence-corrected chi connectivity index (χ1v) is 45.7. The maximum absolute atomic E-state index is 13.5. The van der Waals surface area contributed by atoms with Crippen LogP contribution >= 0.6 is 0 Å². The minimum atomic E-state index is -0.766. The summed E-state index contributed by atoms with van der Waals surface area (Å²) in [7, 11) is 11.0. The third kappa shape index (κ3) is 26.0. The summed E-state index contributed by atoms with van der Waals surface area (Å²) in [6.07, 6.45) is 5.05. The van der Waals surface area contributed by atoms with Gasteiger partial charge in [-0.25, -0.2) is 0 Å². The van der Waals surface area contributed by atoms with Crippen molar-refractivity contribution in [3.63, 3.8) is 0 Å². The summed E-state index contributed by atoms with van der Waals surface area (Å²) < 4.78 is 65.1. The molecular weight excluding hydrogens is 2360 g/mol. The van der Waals surface area contributed by atoms with Crippen molar-refractivity contribution in [2.24, 2.45) is 17.8 Å². The monoisotopic (exact) mass is 2500 g/mol. The second-order valence-corrected chi connectivity index (χ2v) is 37.4. The minimum absolute atomic E-state index is 0. The van der Waals surface area contributed by atoms with Crippen molar-refractivity contribution < 1.29 is 254 Å². The van der Waals surface area contributed by atoms with Crippen molar-refractivity contribution in [2.45, 2.75) is 278 Å². The Morgan fingerprint density at radius 2 is 0.781 bits per heavy atom. The molecule has 0 aromatic heterocycles. The van der Waals surface area contributed by atoms with E-state index in [4.69, 9.17) is 72.2 Å². The molecule has 5 aromatic rings. The Balaban J connectivity index is 0.000000525. The third-order valence-electron chi connectivity index (χ3n) is 29.2. The van der Waals surface area contributed by atoms with Crippen LogP contribution in [0.5, 0.6) is 51.7 Å². The molecule has 1 aliphatic carbocycles. The van der Waals surface area contributed by atoms with E-state index in [1.54, 1.807) is 41.3 Å². The zero-order chi connectivity index (χ0) is 98.9. The number of Topliss-reactive ketones (excluding diaryl/α,β-unsaturated/α-hetero) is 2. The molecule has 15 atom stereocenters. The Labute approximate surface area is 1100 Å². The van der Waals surface area contributed by atoms with E-state index in [1.165, 1.54) is 18.1 Å². The first-order chi connectivity index (χ1) is 65.0. The van der Waals surface area contributed by atoms with Crippen molar-refractivity contribution in [2.75, 3.05) is 103 Å². The molecule has 0 spiro atoms. The summed E-state index contributed by atoms with van der Waals surface area (Å²) in [5, 5.41) is 81.1. The molecule has 5 aromatic carbocycles. The zero-order valence-electron chi connectivity index (χ0n) is 85.1. The predicted octanol–water partition coefficient (Wildman–Crippen LogP) is 4.52. The van der Waals surface area contributed by atoms with Crippen molar-refractivity contribution in [3.05, 3.63) is 153 Å². The zero-order valence-corrected chi connectivity index (χ0v) is 110. The molecule has 0 saturated carbocycles. The number of hydrogen-bond donors (Lipinski definition) is 5. The molecule has 40 heteroatoms. The molecule has 3 fully saturated rings. The molecule has 6 unspecified atom stereocenters. The number of ketones is 2. The number of fused-ring (bicyclic) bond motifs is 24. The maximum Gasteiger partial charge on any atom is 1.00 e. The largest absolute Gasteiger partial charge is 1.00 e. The van der Waals surface area contributed by atoms with Crippen LogP contribution in [0.15, 0.2) is 53.3 Å². The van der Waals surface area contributed by atoms with Gasteiger partial charge in [0.15, 0.2) is 43.4 Å². The van der Waals surface area contributed by atoms with E-state index in [9.17, 15) is 50.0 Å². The van der Waals surface area contributed by atoms with Gasteiger partial charge in [-0.2, -0.15) is 15.8 Å². The standard InChI is InChI=1S/C35H44N4O6.C32H40N4O6.C31H38N4O6.2CH2O3.6CH4.4Cs/c1-9-10-42-31-21(6)33-34(45-17-44-33)29-23(31)13-25-30-28-22(11-19(4)20(5)32(28)43-16-41-8)12-24(38(30)7)26(14-36)39(25)27(29)15-37-35(40)18(2)3;1-15(2)32(38)34-12-24-26-20(28(37)18(5)30-31(26)42-14-41-30)10-22-27-25-19(8-16(3)17(4)29(25)40-13-39-7)9-21(35(27)6)23(11-33)36(22)24;1-14(2)31(39)33-12-23-25-19(27(36)17(5)28(37)29(25)38)10-21-26-24-18(8-15(3)16(4)30(24)41-13-40-7)9-20(34(26)6)22(11-32)35(21)23;2*2-1-4-3;;;;;;;;;;/h9,11,18,24-27,30H,1,10,12-13,15-17H2,2-8H3,(H,37,40);8,15,21-24,27,37H,9-10,12-14H2,1-7H3,(H,34,38);8,14,20-23,26,36H,9-10,12-13H2,1-7H3,(H,33,39);2*1,3H;6*1H4;;;;/q;;;;;;;;;;;;;2*+1/p-2/t24-,25?,26?,27-,30-;21-,22?,23?,24-,27-;20-,21?,22?,23-,26-;;;;;;;;;;;;/m000............/s1. The number of likely N-dealkylation sites (N-methyl/N-ethyl adjacent to an activating group) is 3. The molecule has 36 nitrogen and oxygen atoms in total. The number of phenols is 1. The van der Waals surface area contributed by atoms with Crippen molar-refractivity contribution in [3.8, 4) is 70.0 Å². The van der Waals surface area contributed by atoms with Crippen molar-refractivity contribution in [1.82, 2.24) is 45.3 Å². The quantitative estimate of drug-likeness (QED) is 0.0114. The number of rotatable bonds is 23. The van der Waals surface area contributed by atoms with Crippen LogP contribution in [0, 0.1) is 107 Å². The number of amides is 3. The van der Waals surface area contributed by atoms with Crippen LogP contribution in [0.1, 0.15) is 230 Å². The molecule has 3 saturated heterocycles. The Morgan fingerprint density at radius 1 is 0.466 bits per heavy atom. The minimum Gasteiger partial charge on any atom is -0.662 e. The van der Waals surface area contributed by atoms with Crippen LogP contribution in [0.3, 0.4) is 0 Å². The van der Waals surface area contributed by atoms with Crippen LogP contribution in [0.4, 0.5) is 0 Å². The summed E-state index contributed by atoms with van der Waals surface area (Å²) in [4.78, 5) is 101. The number of nitrogens with one attached hydrogen (secondary N) is 3. The molecule has 11 aliphatic heterocycles. The van der Waals surface area contributed by atoms with Gasteiger partial charge in [-0.05, 0) is 172 Å². The van der Waals surface area contributed by atoms with Crippen LogP contribution in [0.25, 0.3) is 0 Å². The molecule has 3 amide bonds. The molecule has 5 N–H and O–H groups in total. The SMILES string of the molecule is C.C.C.C.C.C.C=CCOc1c(C)c2c(c3c1CC1[C@H]4c5c(cc(C)c(C)c5OCOC)C[C@@H](C(C#N)N1[C@H]3CNC(=O)C(C)C)N4C)OCO2.COCOc1c(C)c(C)cc2c1[C@@H]1C3CC4=C(C(=O)C(=O)C(C)=C4O)[C@H](CNC(=O)C(C)C)N3C(C#N)[C@H](C2)N1C.COCOc1c(C)c(C)cc2c1[C@@H]1C3Cc4c(O)c(C)c5c(c4[C@H](CNC(=O)C(C)C)N3C(C#N)[C@H](C2)N1C)OCO5.O=CO[O-].O=CO[O-].[Cs+].[Cs+].[Cs].[Cs]. The van der Waals surface area contributed by atoms with Gasteiger partial charge in [0.1, 0.15) is 59.2 Å². The van der Waals surface area contributed by atoms with Gasteiger partial charge in [0.05, 0.1) is 54.5 Å². The second kappa shape index (κ2) is 59.4. The fourth-order valence-corrected chi connectivity index (χ4v) is 22.6. The summed E-state index contributed by atoms with van der Waals surface area (Å²) in [6, 6.07) is 9.89. The van der Waals surface area contributed by atoms with E-state index in [0.29, 0.717) is 79.4 Å². The number of allylic oxidation sites excluding steroid dienone is 2. The Morgan fingerprint density at radius 3 is 1.11 bits per heavy atom. The molecule has 2 radical (unpaired) electrons. The Kier molecular flexibility index (Phi) is 55.5. The molecule has 12 aliphatic rings. The van der Waals surface area contributed by atoms with Gasteiger partial charge >= 0.3 is 138 Å². The van der Waals surface area contributed by atoms with Crippen LogP contribution in [-0.2, 0) is 89.7 Å². The topological polar surface area (TPSA) is 453 Å². The average Bonchev–Trinajstić information content (AvgIpc) is 1.36. The van der Waals surface area contributed by atoms with E-state index in [2.05, 4.69) is 135 Å². The number of nitriles is 3. The number of piperazine rings is 3. The number of methoxy groups -OCH3 is 3. The van der Waals surface area contributed by atoms with Gasteiger partial charge in [-0.1, -0.05) is 117 Å². The fraction of sp³-hybridized carbons (Fsp3) is 0.566. The number of aryl methyl sites for hydroxylation is 3. The number of nitrogens with zero attached hydrogens (tertiary/aromatic N) is 9. The van der Waals surface area contributed by atoms with E-state index >= 15 is 0 Å². The summed E-state index contributed by atoms with van der Waals surface area (Å²) >= 11 is 0. The van der Waals surface area contributed by atoms with E-state index in [1.807, 2.05) is 67.3 Å². The Hall–Kier alpha value is -3.75. The van der Waals surface area contributed by atoms with Gasteiger partial charge in [0.2, 0.25) is 42.9 Å². The first kappa shape index (κ1) is 136. The van der Waals surface area contributed by atoms with Gasteiger partial charge in [0.25, 0.3) is 12.9 Å². The summed E-state index contributed by atoms with van der Waals surface area (Å²) in [6.45, 7) is 33.7. The molecule has 6 bridgehead atoms. The normalized spacial score (nSPS) is 23.2. The van der Waals surface area contributed by atoms with Crippen LogP contribution in [-0.4, -0.2) is 383 Å². The van der Waals surface area contributed by atoms with Gasteiger partial charge in [0, 0.05) is 300 Å². The third-order valence-corrected chi connectivity index (χ3v) is 29.2. The number of carbonyl (C=O) groups is 7. The molecule has 146 heavy (non-hydrogen) atoms. The summed E-state index contributed by atoms with van der Waals surface area (Å²) in [5.41, 5.74) is 18.9. The fourth-order valence-electron chi connectivity index (χ4n) is 22.6. The van der Waals surface area contributed by atoms with Crippen molar-refractivity contribution in [1.29, 1.82) is 15.8 Å². The molecule has 780 valence electrons. The van der Waals surface area contributed by atoms with E-state index in [-0.39, 0.29) is 505 Å². The predicted molar refractivity (Wildman–Crippen MR) is 540 cm³/mol. The number of benzene rings is 5. The van der Waals surface area contributed by atoms with Crippen LogP contribution < -0.4 is 202 Å². The number of ether oxygens (including phenoxy) is 11. The number of aliphatic hydroxyl groups excluding tert-OH is 1. The molecule has 11 heterocycles. The first-order valence-electron chi connectivity index (χ1n) is 45.7. The Bertz CT molecular complexity index is 5730. The van der Waals surface area contributed by atoms with E-state index < -0.39 is 41.8 Å². The van der Waals surface area contributed by atoms with Gasteiger partial charge in [-0.3, -0.25) is 63.0 Å². The molecule has 17 rings (SSSR count). The van der Waals surface area contributed by atoms with Crippen molar-refractivity contribution >= 4 is 180 Å². The number of carbonyl (C=O) groups excluding carboxylic acids is 7. The second-order valence-electron chi connectivity index (χ2n) is 37.4. The average molecular weight is 2510 g/mol. The number of aliphatic hydroxyl groups is 1. The smallest absolute Gasteiger partial charge is 0.662 e. The van der Waals surface area contributed by atoms with Gasteiger partial charge < -0.3 is 98.6 Å².